The fourth-order valence-corrected chi connectivity index (χ4v) is 3.57. The van der Waals surface area contributed by atoms with Gasteiger partial charge in [-0.25, -0.2) is 9.97 Å². The molecule has 7 nitrogen and oxygen atoms in total. The Kier molecular flexibility index (Phi) is 4.45. The molecule has 5 rings (SSSR count). The van der Waals surface area contributed by atoms with E-state index in [-0.39, 0.29) is 5.91 Å². The fraction of sp³-hybridized carbons (Fsp3) is 0. The number of hydrogen-bond donors (Lipinski definition) is 2. The topological polar surface area (TPSA) is 80.5 Å². The van der Waals surface area contributed by atoms with Gasteiger partial charge in [0.25, 0.3) is 5.91 Å². The third-order valence-electron chi connectivity index (χ3n) is 4.73. The van der Waals surface area contributed by atoms with Crippen LogP contribution in [0.3, 0.4) is 0 Å². The number of aromatic amines is 1. The number of fused-ring (bicyclic) bond motifs is 1. The molecule has 0 atom stereocenters. The first-order valence-corrected chi connectivity index (χ1v) is 9.67. The van der Waals surface area contributed by atoms with Crippen LogP contribution in [0.1, 0.15) is 10.5 Å². The SMILES string of the molecule is O=C(Nc1ccc(-n2cnc3ccccc32)nc1)c1c[nH]c(=S)n1-c1ccccc1. The smallest absolute Gasteiger partial charge is 0.274 e. The summed E-state index contributed by atoms with van der Waals surface area (Å²) >= 11 is 5.35. The summed E-state index contributed by atoms with van der Waals surface area (Å²) in [5.41, 5.74) is 3.68. The zero-order valence-electron chi connectivity index (χ0n) is 15.7. The molecule has 3 heterocycles. The molecule has 2 N–H and O–H groups in total. The predicted octanol–water partition coefficient (Wildman–Crippen LogP) is 4.52. The van der Waals surface area contributed by atoms with Crippen molar-refractivity contribution in [3.8, 4) is 11.5 Å². The number of carbonyl (C=O) groups is 1. The average molecular weight is 412 g/mol. The first-order valence-electron chi connectivity index (χ1n) is 9.26. The molecule has 0 bridgehead atoms. The number of carbonyl (C=O) groups excluding carboxylic acids is 1. The van der Waals surface area contributed by atoms with Crippen LogP contribution >= 0.6 is 12.2 Å². The Morgan fingerprint density at radius 2 is 1.77 bits per heavy atom. The number of anilines is 1. The Bertz CT molecular complexity index is 1400. The van der Waals surface area contributed by atoms with Gasteiger partial charge in [-0.1, -0.05) is 30.3 Å². The summed E-state index contributed by atoms with van der Waals surface area (Å²) < 4.78 is 4.05. The van der Waals surface area contributed by atoms with Gasteiger partial charge in [-0.05, 0) is 48.6 Å². The van der Waals surface area contributed by atoms with Gasteiger partial charge >= 0.3 is 0 Å². The lowest BCUT2D eigenvalue weighted by Gasteiger charge is -2.10. The highest BCUT2D eigenvalue weighted by Crippen LogP contribution is 2.19. The zero-order chi connectivity index (χ0) is 20.5. The van der Waals surface area contributed by atoms with Crippen molar-refractivity contribution < 1.29 is 4.79 Å². The number of imidazole rings is 2. The Hall–Kier alpha value is -4.04. The number of rotatable bonds is 4. The normalized spacial score (nSPS) is 10.9. The fourth-order valence-electron chi connectivity index (χ4n) is 3.31. The molecular formula is C22H16N6OS. The van der Waals surface area contributed by atoms with Gasteiger partial charge in [-0.3, -0.25) is 13.9 Å². The monoisotopic (exact) mass is 412 g/mol. The number of para-hydroxylation sites is 3. The molecule has 0 aliphatic carbocycles. The van der Waals surface area contributed by atoms with Crippen LogP contribution in [0.15, 0.2) is 85.5 Å². The molecule has 0 saturated heterocycles. The molecule has 0 saturated carbocycles. The molecule has 0 aliphatic heterocycles. The van der Waals surface area contributed by atoms with Gasteiger partial charge in [0, 0.05) is 11.9 Å². The Labute approximate surface area is 176 Å². The number of aromatic nitrogens is 5. The van der Waals surface area contributed by atoms with E-state index in [1.807, 2.05) is 71.3 Å². The van der Waals surface area contributed by atoms with Crippen LogP contribution in [-0.4, -0.2) is 30.0 Å². The zero-order valence-corrected chi connectivity index (χ0v) is 16.5. The van der Waals surface area contributed by atoms with Gasteiger partial charge in [0.1, 0.15) is 17.8 Å². The lowest BCUT2D eigenvalue weighted by Crippen LogP contribution is -2.16. The number of pyridine rings is 1. The van der Waals surface area contributed by atoms with Gasteiger partial charge in [-0.2, -0.15) is 0 Å². The summed E-state index contributed by atoms with van der Waals surface area (Å²) in [6, 6.07) is 21.0. The Morgan fingerprint density at radius 3 is 2.57 bits per heavy atom. The first-order chi connectivity index (χ1) is 14.7. The summed E-state index contributed by atoms with van der Waals surface area (Å²) in [4.78, 5) is 24.7. The van der Waals surface area contributed by atoms with Gasteiger partial charge in [0.15, 0.2) is 4.77 Å². The number of amides is 1. The van der Waals surface area contributed by atoms with E-state index in [9.17, 15) is 4.79 Å². The second-order valence-corrected chi connectivity index (χ2v) is 7.00. The van der Waals surface area contributed by atoms with E-state index in [2.05, 4.69) is 20.3 Å². The average Bonchev–Trinajstić information content (AvgIpc) is 3.39. The van der Waals surface area contributed by atoms with E-state index in [4.69, 9.17) is 12.2 Å². The molecule has 0 spiro atoms. The number of hydrogen-bond acceptors (Lipinski definition) is 4. The van der Waals surface area contributed by atoms with E-state index in [0.29, 0.717) is 16.2 Å². The summed E-state index contributed by atoms with van der Waals surface area (Å²) in [6.07, 6.45) is 4.96. The minimum Gasteiger partial charge on any atom is -0.336 e. The van der Waals surface area contributed by atoms with Gasteiger partial charge in [-0.15, -0.1) is 0 Å². The van der Waals surface area contributed by atoms with E-state index in [0.717, 1.165) is 22.5 Å². The van der Waals surface area contributed by atoms with Crippen molar-refractivity contribution in [3.63, 3.8) is 0 Å². The van der Waals surface area contributed by atoms with Crippen LogP contribution in [0, 0.1) is 4.77 Å². The summed E-state index contributed by atoms with van der Waals surface area (Å²) in [5, 5.41) is 2.88. The van der Waals surface area contributed by atoms with Crippen molar-refractivity contribution in [2.24, 2.45) is 0 Å². The highest BCUT2D eigenvalue weighted by Gasteiger charge is 2.15. The van der Waals surface area contributed by atoms with Crippen LogP contribution in [-0.2, 0) is 0 Å². The molecule has 0 radical (unpaired) electrons. The third kappa shape index (κ3) is 3.19. The third-order valence-corrected chi connectivity index (χ3v) is 5.03. The first kappa shape index (κ1) is 18.0. The maximum absolute atomic E-state index is 12.9. The molecular weight excluding hydrogens is 396 g/mol. The number of nitrogens with one attached hydrogen (secondary N) is 2. The van der Waals surface area contributed by atoms with E-state index >= 15 is 0 Å². The van der Waals surface area contributed by atoms with E-state index in [1.165, 1.54) is 0 Å². The number of nitrogens with zero attached hydrogens (tertiary/aromatic N) is 4. The van der Waals surface area contributed by atoms with Crippen LogP contribution in [0.5, 0.6) is 0 Å². The summed E-state index contributed by atoms with van der Waals surface area (Å²) in [6.45, 7) is 0. The standard InChI is InChI=1S/C22H16N6OS/c29-21(19-13-24-22(30)28(19)16-6-2-1-3-7-16)26-15-10-11-20(23-12-15)27-14-25-17-8-4-5-9-18(17)27/h1-14H,(H,24,30)(H,26,29). The van der Waals surface area contributed by atoms with Crippen molar-refractivity contribution in [1.29, 1.82) is 0 Å². The highest BCUT2D eigenvalue weighted by atomic mass is 32.1. The van der Waals surface area contributed by atoms with E-state index in [1.54, 1.807) is 23.3 Å². The molecule has 0 unspecified atom stereocenters. The Morgan fingerprint density at radius 1 is 0.967 bits per heavy atom. The van der Waals surface area contributed by atoms with Crippen molar-refractivity contribution in [2.45, 2.75) is 0 Å². The largest absolute Gasteiger partial charge is 0.336 e. The predicted molar refractivity (Wildman–Crippen MR) is 118 cm³/mol. The number of benzene rings is 2. The van der Waals surface area contributed by atoms with Crippen LogP contribution in [0.2, 0.25) is 0 Å². The van der Waals surface area contributed by atoms with Crippen LogP contribution < -0.4 is 5.32 Å². The summed E-state index contributed by atoms with van der Waals surface area (Å²) in [7, 11) is 0. The van der Waals surface area contributed by atoms with Crippen LogP contribution in [0.25, 0.3) is 22.5 Å². The molecule has 5 aromatic rings. The minimum atomic E-state index is -0.283. The van der Waals surface area contributed by atoms with Gasteiger partial charge < -0.3 is 10.3 Å². The summed E-state index contributed by atoms with van der Waals surface area (Å²) in [5.74, 6) is 0.435. The molecule has 3 aromatic heterocycles. The lowest BCUT2D eigenvalue weighted by atomic mass is 10.3. The molecule has 8 heteroatoms. The molecule has 2 aromatic carbocycles. The van der Waals surface area contributed by atoms with Crippen molar-refractivity contribution in [2.75, 3.05) is 5.32 Å². The van der Waals surface area contributed by atoms with Crippen molar-refractivity contribution in [3.05, 3.63) is 95.9 Å². The second kappa shape index (κ2) is 7.41. The molecule has 1 amide bonds. The van der Waals surface area contributed by atoms with Gasteiger partial charge in [0.05, 0.1) is 22.9 Å². The molecule has 0 aliphatic rings. The van der Waals surface area contributed by atoms with Gasteiger partial charge in [0.2, 0.25) is 0 Å². The maximum Gasteiger partial charge on any atom is 0.274 e. The quantitative estimate of drug-likeness (QED) is 0.425. The second-order valence-electron chi connectivity index (χ2n) is 6.61. The highest BCUT2D eigenvalue weighted by molar-refractivity contribution is 7.71. The lowest BCUT2D eigenvalue weighted by molar-refractivity contribution is 0.102. The maximum atomic E-state index is 12.9. The van der Waals surface area contributed by atoms with E-state index < -0.39 is 0 Å². The molecule has 0 fully saturated rings. The minimum absolute atomic E-state index is 0.283. The van der Waals surface area contributed by atoms with Crippen molar-refractivity contribution in [1.82, 2.24) is 24.1 Å². The van der Waals surface area contributed by atoms with Crippen LogP contribution in [0.4, 0.5) is 5.69 Å². The van der Waals surface area contributed by atoms with Crippen molar-refractivity contribution >= 4 is 34.8 Å². The number of H-pyrrole nitrogens is 1. The molecule has 30 heavy (non-hydrogen) atoms. The Balaban J connectivity index is 1.41. The molecule has 146 valence electrons.